The lowest BCUT2D eigenvalue weighted by atomic mass is 9.85. The van der Waals surface area contributed by atoms with Crippen molar-refractivity contribution in [2.45, 2.75) is 93.7 Å². The molecule has 4 aliphatic rings. The highest BCUT2D eigenvalue weighted by molar-refractivity contribution is 7.89. The minimum Gasteiger partial charge on any atom is -0.496 e. The van der Waals surface area contributed by atoms with Crippen molar-refractivity contribution in [1.29, 1.82) is 0 Å². The quantitative estimate of drug-likeness (QED) is 0.399. The zero-order valence-electron chi connectivity index (χ0n) is 25.0. The summed E-state index contributed by atoms with van der Waals surface area (Å²) in [6.07, 6.45) is 9.32. The Kier molecular flexibility index (Phi) is 8.80. The molecule has 2 aromatic rings. The van der Waals surface area contributed by atoms with Crippen molar-refractivity contribution in [2.24, 2.45) is 0 Å². The van der Waals surface area contributed by atoms with Crippen LogP contribution in [0.2, 0.25) is 0 Å². The fourth-order valence-electron chi connectivity index (χ4n) is 7.83. The first-order valence-electron chi connectivity index (χ1n) is 15.9. The molecular weight excluding hydrogens is 550 g/mol. The normalized spacial score (nSPS) is 25.9. The van der Waals surface area contributed by atoms with Crippen molar-refractivity contribution in [3.8, 4) is 16.9 Å². The van der Waals surface area contributed by atoms with Crippen LogP contribution in [0, 0.1) is 0 Å². The maximum Gasteiger partial charge on any atom is 0.410 e. The van der Waals surface area contributed by atoms with Gasteiger partial charge in [0.05, 0.1) is 18.6 Å². The predicted octanol–water partition coefficient (Wildman–Crippen LogP) is 5.87. The number of piperidine rings is 1. The van der Waals surface area contributed by atoms with Gasteiger partial charge in [0.25, 0.3) is 0 Å². The lowest BCUT2D eigenvalue weighted by Crippen LogP contribution is -2.44. The first-order valence-corrected chi connectivity index (χ1v) is 17.3. The molecule has 9 heteroatoms. The van der Waals surface area contributed by atoms with Crippen LogP contribution in [0.15, 0.2) is 47.4 Å². The second-order valence-corrected chi connectivity index (χ2v) is 14.3. The molecule has 0 saturated carbocycles. The molecule has 0 aliphatic carbocycles. The number of sulfonamides is 1. The highest BCUT2D eigenvalue weighted by Crippen LogP contribution is 2.41. The second-order valence-electron chi connectivity index (χ2n) is 12.4. The topological polar surface area (TPSA) is 79.4 Å². The minimum absolute atomic E-state index is 0.126. The summed E-state index contributed by atoms with van der Waals surface area (Å²) in [6, 6.07) is 14.8. The van der Waals surface area contributed by atoms with Crippen LogP contribution in [0.1, 0.15) is 76.2 Å². The van der Waals surface area contributed by atoms with Crippen molar-refractivity contribution in [2.75, 3.05) is 39.9 Å². The van der Waals surface area contributed by atoms with Gasteiger partial charge in [0, 0.05) is 31.2 Å². The van der Waals surface area contributed by atoms with E-state index in [1.54, 1.807) is 23.5 Å². The van der Waals surface area contributed by atoms with E-state index in [4.69, 9.17) is 9.47 Å². The van der Waals surface area contributed by atoms with Crippen molar-refractivity contribution < 1.29 is 22.7 Å². The zero-order chi connectivity index (χ0) is 29.3. The van der Waals surface area contributed by atoms with Gasteiger partial charge in [-0.25, -0.2) is 13.2 Å². The Morgan fingerprint density at radius 3 is 2.14 bits per heavy atom. The maximum atomic E-state index is 13.0. The van der Waals surface area contributed by atoms with E-state index < -0.39 is 10.0 Å². The number of rotatable bonds is 7. The fraction of sp³-hybridized carbons (Fsp3) is 0.606. The third kappa shape index (κ3) is 5.80. The summed E-state index contributed by atoms with van der Waals surface area (Å²) >= 11 is 0. The van der Waals surface area contributed by atoms with Gasteiger partial charge in [0.1, 0.15) is 5.75 Å². The van der Waals surface area contributed by atoms with E-state index in [1.165, 1.54) is 5.56 Å². The van der Waals surface area contributed by atoms with Gasteiger partial charge in [-0.05, 0) is 125 Å². The molecule has 0 spiro atoms. The van der Waals surface area contributed by atoms with Gasteiger partial charge >= 0.3 is 6.09 Å². The molecule has 228 valence electrons. The Bertz CT molecular complexity index is 1350. The van der Waals surface area contributed by atoms with Crippen molar-refractivity contribution in [3.63, 3.8) is 0 Å². The molecule has 3 unspecified atom stereocenters. The molecule has 4 aliphatic heterocycles. The minimum atomic E-state index is -3.42. The molecule has 2 bridgehead atoms. The number of hydrogen-bond donors (Lipinski definition) is 0. The highest BCUT2D eigenvalue weighted by Gasteiger charge is 2.43. The largest absolute Gasteiger partial charge is 0.496 e. The summed E-state index contributed by atoms with van der Waals surface area (Å²) in [5.41, 5.74) is 3.32. The third-order valence-electron chi connectivity index (χ3n) is 10.1. The Morgan fingerprint density at radius 2 is 1.48 bits per heavy atom. The number of amides is 1. The number of hydrogen-bond acceptors (Lipinski definition) is 6. The number of ether oxygens (including phenoxy) is 2. The number of carbonyl (C=O) groups is 1. The molecule has 0 N–H and O–H groups in total. The van der Waals surface area contributed by atoms with Crippen LogP contribution >= 0.6 is 0 Å². The summed E-state index contributed by atoms with van der Waals surface area (Å²) in [5.74, 6) is 1.33. The van der Waals surface area contributed by atoms with E-state index in [9.17, 15) is 13.2 Å². The van der Waals surface area contributed by atoms with Crippen LogP contribution in [0.5, 0.6) is 5.75 Å². The zero-order valence-corrected chi connectivity index (χ0v) is 25.9. The third-order valence-corrected chi connectivity index (χ3v) is 12.0. The Labute approximate surface area is 251 Å². The number of carbonyl (C=O) groups excluding carboxylic acids is 1. The van der Waals surface area contributed by atoms with Crippen LogP contribution in [0.3, 0.4) is 0 Å². The average Bonchev–Trinajstić information content (AvgIpc) is 3.66. The van der Waals surface area contributed by atoms with E-state index in [1.807, 2.05) is 19.1 Å². The van der Waals surface area contributed by atoms with Crippen LogP contribution in [-0.2, 0) is 14.8 Å². The molecule has 1 amide bonds. The Hall–Kier alpha value is -2.62. The van der Waals surface area contributed by atoms with Crippen LogP contribution in [0.4, 0.5) is 4.79 Å². The lowest BCUT2D eigenvalue weighted by Gasteiger charge is -2.39. The van der Waals surface area contributed by atoms with Gasteiger partial charge in [-0.3, -0.25) is 0 Å². The van der Waals surface area contributed by atoms with Gasteiger partial charge in [-0.1, -0.05) is 18.2 Å². The smallest absolute Gasteiger partial charge is 0.410 e. The van der Waals surface area contributed by atoms with E-state index >= 15 is 0 Å². The van der Waals surface area contributed by atoms with Gasteiger partial charge in [-0.2, -0.15) is 4.31 Å². The monoisotopic (exact) mass is 595 g/mol. The first kappa shape index (κ1) is 29.5. The number of nitrogens with zero attached hydrogens (tertiary/aromatic N) is 3. The summed E-state index contributed by atoms with van der Waals surface area (Å²) in [4.78, 5) is 17.7. The molecule has 0 aromatic heterocycles. The molecule has 42 heavy (non-hydrogen) atoms. The first-order chi connectivity index (χ1) is 20.4. The molecule has 0 radical (unpaired) electrons. The molecule has 6 rings (SSSR count). The fourth-order valence-corrected chi connectivity index (χ4v) is 9.34. The summed E-state index contributed by atoms with van der Waals surface area (Å²) < 4.78 is 38.8. The van der Waals surface area contributed by atoms with E-state index in [2.05, 4.69) is 28.0 Å². The summed E-state index contributed by atoms with van der Waals surface area (Å²) in [7, 11) is -1.68. The number of likely N-dealkylation sites (tertiary alicyclic amines) is 1. The lowest BCUT2D eigenvalue weighted by molar-refractivity contribution is 0.0845. The molecule has 4 saturated heterocycles. The maximum absolute atomic E-state index is 13.0. The van der Waals surface area contributed by atoms with Crippen molar-refractivity contribution in [1.82, 2.24) is 14.1 Å². The molecule has 3 atom stereocenters. The van der Waals surface area contributed by atoms with E-state index in [-0.39, 0.29) is 6.09 Å². The van der Waals surface area contributed by atoms with Crippen LogP contribution in [0.25, 0.3) is 11.1 Å². The molecule has 2 aromatic carbocycles. The predicted molar refractivity (Wildman–Crippen MR) is 163 cm³/mol. The molecular formula is C33H45N3O5S. The Balaban J connectivity index is 1.12. The summed E-state index contributed by atoms with van der Waals surface area (Å²) in [6.45, 7) is 5.62. The number of benzene rings is 2. The van der Waals surface area contributed by atoms with Gasteiger partial charge in [-0.15, -0.1) is 0 Å². The second kappa shape index (κ2) is 12.5. The van der Waals surface area contributed by atoms with Crippen LogP contribution in [-0.4, -0.2) is 86.6 Å². The molecule has 8 nitrogen and oxygen atoms in total. The SMILES string of the molecule is CCOC(=O)N1C2CCC(N3CCC(c4cc(-c5ccc(S(=O)(=O)N6CCCC6)cc5)ccc4OC)CC3)CC1CC2. The standard InChI is InChI=1S/C33H45N3O5S/c1-3-41-33(37)36-27-9-11-28(23-29(36)12-10-27)34-20-16-25(17-21-34)31-22-26(8-15-32(31)40-2)24-6-13-30(14-7-24)42(38,39)35-18-4-5-19-35/h6-8,13-15,22,25,27-29H,3-5,9-12,16-21,23H2,1-2H3. The molecule has 4 fully saturated rings. The Morgan fingerprint density at radius 1 is 0.833 bits per heavy atom. The van der Waals surface area contributed by atoms with Crippen LogP contribution < -0.4 is 4.74 Å². The van der Waals surface area contributed by atoms with Gasteiger partial charge < -0.3 is 19.3 Å². The van der Waals surface area contributed by atoms with Gasteiger partial charge in [0.15, 0.2) is 0 Å². The molecule has 4 heterocycles. The average molecular weight is 596 g/mol. The number of fused-ring (bicyclic) bond motifs is 2. The van der Waals surface area contributed by atoms with E-state index in [0.717, 1.165) is 87.8 Å². The van der Waals surface area contributed by atoms with Gasteiger partial charge in [0.2, 0.25) is 10.0 Å². The van der Waals surface area contributed by atoms with E-state index in [0.29, 0.717) is 48.6 Å². The highest BCUT2D eigenvalue weighted by atomic mass is 32.2. The summed E-state index contributed by atoms with van der Waals surface area (Å²) in [5, 5.41) is 0. The number of methoxy groups -OCH3 is 1. The van der Waals surface area contributed by atoms with Crippen molar-refractivity contribution >= 4 is 16.1 Å². The van der Waals surface area contributed by atoms with Crippen molar-refractivity contribution in [3.05, 3.63) is 48.0 Å².